The second-order valence-electron chi connectivity index (χ2n) is 9.52. The van der Waals surface area contributed by atoms with E-state index >= 15 is 0 Å². The highest BCUT2D eigenvalue weighted by Gasteiger charge is 2.48. The van der Waals surface area contributed by atoms with Gasteiger partial charge >= 0.3 is 0 Å². The number of likely N-dealkylation sites (tertiary alicyclic amines) is 1. The van der Waals surface area contributed by atoms with E-state index in [0.29, 0.717) is 24.5 Å². The van der Waals surface area contributed by atoms with Gasteiger partial charge in [0.2, 0.25) is 11.8 Å². The third-order valence-corrected chi connectivity index (χ3v) is 8.11. The van der Waals surface area contributed by atoms with Crippen LogP contribution in [0.5, 0.6) is 0 Å². The molecule has 2 amide bonds. The Morgan fingerprint density at radius 1 is 1.04 bits per heavy atom. The van der Waals surface area contributed by atoms with Crippen molar-refractivity contribution >= 4 is 23.4 Å². The molecule has 3 aliphatic heterocycles. The molecule has 7 unspecified atom stereocenters. The van der Waals surface area contributed by atoms with Gasteiger partial charge in [-0.1, -0.05) is 0 Å². The van der Waals surface area contributed by atoms with Gasteiger partial charge in [-0.25, -0.2) is 5.43 Å². The van der Waals surface area contributed by atoms with Crippen molar-refractivity contribution in [1.82, 2.24) is 26.0 Å². The summed E-state index contributed by atoms with van der Waals surface area (Å²) < 4.78 is 0. The van der Waals surface area contributed by atoms with Crippen molar-refractivity contribution < 1.29 is 9.59 Å². The van der Waals surface area contributed by atoms with Gasteiger partial charge in [0.1, 0.15) is 6.04 Å². The molecule has 0 radical (unpaired) electrons. The molecule has 3 saturated heterocycles. The summed E-state index contributed by atoms with van der Waals surface area (Å²) in [6.07, 6.45) is 7.20. The zero-order valence-corrected chi connectivity index (χ0v) is 17.3. The number of carbonyl (C=O) groups excluding carboxylic acids is 2. The molecular weight excluding hydrogens is 378 g/mol. The minimum atomic E-state index is -0.234. The highest BCUT2D eigenvalue weighted by molar-refractivity contribution is 6.20. The summed E-state index contributed by atoms with van der Waals surface area (Å²) in [7, 11) is 1.91. The van der Waals surface area contributed by atoms with Crippen molar-refractivity contribution in [3.63, 3.8) is 0 Å². The van der Waals surface area contributed by atoms with Gasteiger partial charge in [-0.05, 0) is 50.9 Å². The number of nitrogens with zero attached hydrogens (tertiary/aromatic N) is 2. The average Bonchev–Trinajstić information content (AvgIpc) is 3.33. The lowest BCUT2D eigenvalue weighted by Crippen LogP contribution is -2.55. The summed E-state index contributed by atoms with van der Waals surface area (Å²) in [4.78, 5) is 30.0. The third-order valence-electron chi connectivity index (χ3n) is 7.71. The summed E-state index contributed by atoms with van der Waals surface area (Å²) in [6.45, 7) is 1.42. The largest absolute Gasteiger partial charge is 0.341 e. The minimum Gasteiger partial charge on any atom is -0.341 e. The number of amides is 2. The van der Waals surface area contributed by atoms with Crippen LogP contribution in [0.4, 0.5) is 0 Å². The van der Waals surface area contributed by atoms with Crippen molar-refractivity contribution in [1.29, 1.82) is 0 Å². The van der Waals surface area contributed by atoms with Crippen LogP contribution in [0.25, 0.3) is 0 Å². The van der Waals surface area contributed by atoms with E-state index in [1.807, 2.05) is 16.8 Å². The molecule has 2 aliphatic carbocycles. The van der Waals surface area contributed by atoms with Crippen LogP contribution in [0.1, 0.15) is 44.9 Å². The summed E-state index contributed by atoms with van der Waals surface area (Å²) in [5, 5.41) is 3.81. The predicted octanol–water partition coefficient (Wildman–Crippen LogP) is 0.439. The number of fused-ring (bicyclic) bond motifs is 2. The molecular formula is C20H32ClN5O2. The molecule has 0 spiro atoms. The molecule has 3 N–H and O–H groups in total. The molecule has 5 aliphatic rings. The molecule has 8 heteroatoms. The lowest BCUT2D eigenvalue weighted by atomic mass is 9.84. The van der Waals surface area contributed by atoms with Crippen LogP contribution in [0.15, 0.2) is 0 Å². The van der Waals surface area contributed by atoms with E-state index in [1.165, 1.54) is 0 Å². The molecule has 0 aromatic heterocycles. The van der Waals surface area contributed by atoms with E-state index in [0.717, 1.165) is 51.5 Å². The van der Waals surface area contributed by atoms with Gasteiger partial charge in [0.05, 0.1) is 6.04 Å². The van der Waals surface area contributed by atoms with Gasteiger partial charge in [0.15, 0.2) is 0 Å². The smallest absolute Gasteiger partial charge is 0.241 e. The fourth-order valence-corrected chi connectivity index (χ4v) is 6.12. The second kappa shape index (κ2) is 7.42. The predicted molar refractivity (Wildman–Crippen MR) is 107 cm³/mol. The van der Waals surface area contributed by atoms with Gasteiger partial charge in [0.25, 0.3) is 0 Å². The van der Waals surface area contributed by atoms with Crippen molar-refractivity contribution in [3.05, 3.63) is 0 Å². The van der Waals surface area contributed by atoms with Gasteiger partial charge in [-0.3, -0.25) is 15.0 Å². The maximum atomic E-state index is 13.2. The molecule has 0 aromatic rings. The molecule has 7 nitrogen and oxygen atoms in total. The lowest BCUT2D eigenvalue weighted by Gasteiger charge is -2.37. The van der Waals surface area contributed by atoms with Crippen LogP contribution in [0.2, 0.25) is 0 Å². The van der Waals surface area contributed by atoms with Gasteiger partial charge in [-0.15, -0.1) is 11.6 Å². The van der Waals surface area contributed by atoms with Crippen molar-refractivity contribution in [2.24, 2.45) is 11.8 Å². The SMILES string of the molecule is CN(C(=O)C1NNC2CCN(C(=O)C3CC4CCC(Cl)CC4N3)CC21)C1CC1. The fourth-order valence-electron chi connectivity index (χ4n) is 5.80. The molecule has 156 valence electrons. The third kappa shape index (κ3) is 3.44. The Labute approximate surface area is 171 Å². The van der Waals surface area contributed by atoms with Crippen molar-refractivity contribution in [3.8, 4) is 0 Å². The highest BCUT2D eigenvalue weighted by Crippen LogP contribution is 2.36. The zero-order chi connectivity index (χ0) is 19.4. The summed E-state index contributed by atoms with van der Waals surface area (Å²) in [5.41, 5.74) is 6.54. The number of carbonyl (C=O) groups is 2. The van der Waals surface area contributed by atoms with E-state index in [9.17, 15) is 9.59 Å². The molecule has 7 atom stereocenters. The Kier molecular flexibility index (Phi) is 5.06. The Morgan fingerprint density at radius 2 is 1.86 bits per heavy atom. The zero-order valence-electron chi connectivity index (χ0n) is 16.6. The van der Waals surface area contributed by atoms with E-state index in [2.05, 4.69) is 16.2 Å². The number of alkyl halides is 1. The van der Waals surface area contributed by atoms with Crippen LogP contribution in [-0.2, 0) is 9.59 Å². The maximum Gasteiger partial charge on any atom is 0.241 e. The molecule has 3 heterocycles. The standard InChI is InChI=1S/C20H32ClN5O2/c1-25(13-4-5-13)20(28)18-14-10-26(7-6-15(14)23-24-18)19(27)17-8-11-2-3-12(21)9-16(11)22-17/h11-18,22-24H,2-10H2,1H3. The van der Waals surface area contributed by atoms with Crippen molar-refractivity contribution in [2.75, 3.05) is 20.1 Å². The van der Waals surface area contributed by atoms with Gasteiger partial charge < -0.3 is 15.1 Å². The first-order valence-corrected chi connectivity index (χ1v) is 11.4. The number of hydrogen-bond donors (Lipinski definition) is 3. The number of halogens is 1. The molecule has 5 rings (SSSR count). The van der Waals surface area contributed by atoms with Crippen LogP contribution in [-0.4, -0.2) is 77.3 Å². The van der Waals surface area contributed by atoms with Crippen LogP contribution in [0.3, 0.4) is 0 Å². The van der Waals surface area contributed by atoms with Gasteiger partial charge in [0, 0.05) is 49.6 Å². The Balaban J connectivity index is 1.22. The highest BCUT2D eigenvalue weighted by atomic mass is 35.5. The van der Waals surface area contributed by atoms with Crippen LogP contribution < -0.4 is 16.2 Å². The summed E-state index contributed by atoms with van der Waals surface area (Å²) in [6, 6.07) is 0.744. The first kappa shape index (κ1) is 19.1. The summed E-state index contributed by atoms with van der Waals surface area (Å²) >= 11 is 6.33. The number of likely N-dealkylation sites (N-methyl/N-ethyl adjacent to an activating group) is 1. The number of hydrogen-bond acceptors (Lipinski definition) is 5. The number of rotatable bonds is 3. The van der Waals surface area contributed by atoms with E-state index < -0.39 is 0 Å². The Morgan fingerprint density at radius 3 is 2.64 bits per heavy atom. The van der Waals surface area contributed by atoms with Crippen LogP contribution in [0, 0.1) is 11.8 Å². The molecule has 0 aromatic carbocycles. The van der Waals surface area contributed by atoms with Crippen molar-refractivity contribution in [2.45, 2.75) is 80.5 Å². The molecule has 0 bridgehead atoms. The van der Waals surface area contributed by atoms with Crippen LogP contribution >= 0.6 is 11.6 Å². The fraction of sp³-hybridized carbons (Fsp3) is 0.900. The average molecular weight is 410 g/mol. The maximum absolute atomic E-state index is 13.2. The molecule has 5 fully saturated rings. The van der Waals surface area contributed by atoms with E-state index in [-0.39, 0.29) is 41.2 Å². The number of piperidine rings is 1. The molecule has 28 heavy (non-hydrogen) atoms. The van der Waals surface area contributed by atoms with E-state index in [1.54, 1.807) is 0 Å². The molecule has 2 saturated carbocycles. The topological polar surface area (TPSA) is 76.7 Å². The first-order valence-electron chi connectivity index (χ1n) is 11.0. The van der Waals surface area contributed by atoms with E-state index in [4.69, 9.17) is 11.6 Å². The first-order chi connectivity index (χ1) is 13.5. The quantitative estimate of drug-likeness (QED) is 0.590. The Bertz CT molecular complexity index is 644. The minimum absolute atomic E-state index is 0.0841. The second-order valence-corrected chi connectivity index (χ2v) is 10.1. The number of hydrazine groups is 1. The number of nitrogens with one attached hydrogen (secondary N) is 3. The van der Waals surface area contributed by atoms with Gasteiger partial charge in [-0.2, -0.15) is 0 Å². The summed E-state index contributed by atoms with van der Waals surface area (Å²) in [5.74, 6) is 1.10. The normalized spacial score (nSPS) is 42.8. The monoisotopic (exact) mass is 409 g/mol. The Hall–Kier alpha value is -0.890. The lowest BCUT2D eigenvalue weighted by molar-refractivity contribution is -0.138.